The number of nitrogens with zero attached hydrogens (tertiary/aromatic N) is 2. The lowest BCUT2D eigenvalue weighted by molar-refractivity contribution is -0.150. The third-order valence-corrected chi connectivity index (χ3v) is 7.70. The summed E-state index contributed by atoms with van der Waals surface area (Å²) in [6, 6.07) is 12.3. The lowest BCUT2D eigenvalue weighted by Gasteiger charge is -2.37. The summed E-state index contributed by atoms with van der Waals surface area (Å²) >= 11 is 3.12. The van der Waals surface area contributed by atoms with Gasteiger partial charge in [-0.3, -0.25) is 9.69 Å². The molecule has 2 amide bonds. The van der Waals surface area contributed by atoms with Crippen molar-refractivity contribution in [1.82, 2.24) is 9.80 Å². The van der Waals surface area contributed by atoms with E-state index >= 15 is 0 Å². The summed E-state index contributed by atoms with van der Waals surface area (Å²) in [6.45, 7) is 1.22. The van der Waals surface area contributed by atoms with Crippen LogP contribution in [0.4, 0.5) is 4.79 Å². The van der Waals surface area contributed by atoms with Gasteiger partial charge in [-0.25, -0.2) is 9.59 Å². The van der Waals surface area contributed by atoms with Crippen molar-refractivity contribution >= 4 is 41.1 Å². The van der Waals surface area contributed by atoms with Crippen LogP contribution < -0.4 is 0 Å². The van der Waals surface area contributed by atoms with Crippen LogP contribution in [0.1, 0.15) is 28.1 Å². The molecule has 7 nitrogen and oxygen atoms in total. The number of thiophene rings is 1. The SMILES string of the molecule is CSc1ccc(C(=O)N2CCC(N3C(=O)OCC3C(=O)OCc3ccccc3)CC2)s1. The number of hydrogen-bond donors (Lipinski definition) is 0. The van der Waals surface area contributed by atoms with Crippen molar-refractivity contribution in [2.45, 2.75) is 35.7 Å². The monoisotopic (exact) mass is 460 g/mol. The van der Waals surface area contributed by atoms with E-state index in [1.807, 2.05) is 53.6 Å². The molecule has 3 heterocycles. The van der Waals surface area contributed by atoms with Crippen molar-refractivity contribution < 1.29 is 23.9 Å². The average molecular weight is 461 g/mol. The van der Waals surface area contributed by atoms with E-state index in [4.69, 9.17) is 9.47 Å². The zero-order chi connectivity index (χ0) is 21.8. The Kier molecular flexibility index (Phi) is 6.82. The third-order valence-electron chi connectivity index (χ3n) is 5.55. The number of cyclic esters (lactones) is 1. The Morgan fingerprint density at radius 2 is 1.90 bits per heavy atom. The van der Waals surface area contributed by atoms with Gasteiger partial charge in [-0.2, -0.15) is 0 Å². The predicted octanol–water partition coefficient (Wildman–Crippen LogP) is 3.64. The van der Waals surface area contributed by atoms with Crippen molar-refractivity contribution in [1.29, 1.82) is 0 Å². The zero-order valence-corrected chi connectivity index (χ0v) is 18.8. The molecule has 0 saturated carbocycles. The van der Waals surface area contributed by atoms with Crippen molar-refractivity contribution in [2.24, 2.45) is 0 Å². The second-order valence-electron chi connectivity index (χ2n) is 7.44. The molecule has 4 rings (SSSR count). The first-order chi connectivity index (χ1) is 15.1. The van der Waals surface area contributed by atoms with Crippen LogP contribution in [-0.2, 0) is 20.9 Å². The summed E-state index contributed by atoms with van der Waals surface area (Å²) in [5.74, 6) is -0.442. The number of hydrogen-bond acceptors (Lipinski definition) is 7. The summed E-state index contributed by atoms with van der Waals surface area (Å²) in [6.07, 6.45) is 2.70. The number of carbonyl (C=O) groups is 3. The highest BCUT2D eigenvalue weighted by Gasteiger charge is 2.44. The van der Waals surface area contributed by atoms with Crippen LogP contribution in [0, 0.1) is 0 Å². The van der Waals surface area contributed by atoms with E-state index < -0.39 is 18.1 Å². The Morgan fingerprint density at radius 3 is 2.58 bits per heavy atom. The number of piperidine rings is 1. The van der Waals surface area contributed by atoms with Crippen LogP contribution in [0.15, 0.2) is 46.7 Å². The molecule has 31 heavy (non-hydrogen) atoms. The van der Waals surface area contributed by atoms with Crippen LogP contribution in [0.5, 0.6) is 0 Å². The molecular formula is C22H24N2O5S2. The quantitative estimate of drug-likeness (QED) is 0.484. The van der Waals surface area contributed by atoms with E-state index in [1.54, 1.807) is 11.8 Å². The van der Waals surface area contributed by atoms with Gasteiger partial charge in [0.15, 0.2) is 6.04 Å². The van der Waals surface area contributed by atoms with Gasteiger partial charge in [-0.1, -0.05) is 30.3 Å². The molecule has 2 aliphatic heterocycles. The van der Waals surface area contributed by atoms with E-state index in [-0.39, 0.29) is 25.2 Å². The molecule has 1 aromatic heterocycles. The van der Waals surface area contributed by atoms with Gasteiger partial charge in [-0.15, -0.1) is 23.1 Å². The van der Waals surface area contributed by atoms with Gasteiger partial charge in [-0.05, 0) is 36.8 Å². The number of ether oxygens (including phenoxy) is 2. The van der Waals surface area contributed by atoms with Gasteiger partial charge in [0.2, 0.25) is 0 Å². The summed E-state index contributed by atoms with van der Waals surface area (Å²) in [4.78, 5) is 41.8. The third kappa shape index (κ3) is 4.88. The fourth-order valence-corrected chi connectivity index (χ4v) is 5.40. The molecule has 2 fully saturated rings. The van der Waals surface area contributed by atoms with Crippen LogP contribution in [0.2, 0.25) is 0 Å². The molecule has 2 aliphatic rings. The molecule has 0 N–H and O–H groups in total. The Hall–Kier alpha value is -2.52. The maximum absolute atomic E-state index is 12.8. The second kappa shape index (κ2) is 9.74. The van der Waals surface area contributed by atoms with Gasteiger partial charge in [0.25, 0.3) is 5.91 Å². The standard InChI is InChI=1S/C22H24N2O5S2/c1-30-19-8-7-18(31-19)20(25)23-11-9-16(10-12-23)24-17(14-29-22(24)27)21(26)28-13-15-5-3-2-4-6-15/h2-8,16-17H,9-14H2,1H3. The van der Waals surface area contributed by atoms with E-state index in [0.29, 0.717) is 25.9 Å². The molecule has 0 bridgehead atoms. The normalized spacial score (nSPS) is 19.4. The molecule has 2 aromatic rings. The highest BCUT2D eigenvalue weighted by atomic mass is 32.2. The molecule has 1 unspecified atom stereocenters. The van der Waals surface area contributed by atoms with Crippen molar-refractivity contribution in [3.63, 3.8) is 0 Å². The number of benzene rings is 1. The van der Waals surface area contributed by atoms with Crippen LogP contribution in [0.3, 0.4) is 0 Å². The summed E-state index contributed by atoms with van der Waals surface area (Å²) in [5.41, 5.74) is 0.887. The Balaban J connectivity index is 1.34. The first-order valence-corrected chi connectivity index (χ1v) is 12.2. The number of carbonyl (C=O) groups excluding carboxylic acids is 3. The maximum Gasteiger partial charge on any atom is 0.410 e. The molecule has 1 aromatic carbocycles. The molecule has 1 atom stereocenters. The highest BCUT2D eigenvalue weighted by molar-refractivity contribution is 8.00. The minimum absolute atomic E-state index is 0.00173. The van der Waals surface area contributed by atoms with Crippen LogP contribution in [-0.4, -0.2) is 65.8 Å². The number of likely N-dealkylation sites (tertiary alicyclic amines) is 1. The van der Waals surface area contributed by atoms with Gasteiger partial charge >= 0.3 is 12.1 Å². The Labute approximate surface area is 189 Å². The second-order valence-corrected chi connectivity index (χ2v) is 9.63. The first-order valence-electron chi connectivity index (χ1n) is 10.2. The number of thioether (sulfide) groups is 1. The minimum atomic E-state index is -0.745. The summed E-state index contributed by atoms with van der Waals surface area (Å²) in [5, 5.41) is 0. The Morgan fingerprint density at radius 1 is 1.16 bits per heavy atom. The summed E-state index contributed by atoms with van der Waals surface area (Å²) < 4.78 is 11.7. The molecule has 2 saturated heterocycles. The maximum atomic E-state index is 12.8. The van der Waals surface area contributed by atoms with Crippen molar-refractivity contribution in [3.8, 4) is 0 Å². The van der Waals surface area contributed by atoms with Gasteiger partial charge in [0.1, 0.15) is 13.2 Å². The molecule has 0 radical (unpaired) electrons. The fourth-order valence-electron chi connectivity index (χ4n) is 3.89. The van der Waals surface area contributed by atoms with E-state index in [2.05, 4.69) is 0 Å². The minimum Gasteiger partial charge on any atom is -0.459 e. The smallest absolute Gasteiger partial charge is 0.410 e. The number of esters is 1. The lowest BCUT2D eigenvalue weighted by Crippen LogP contribution is -2.52. The topological polar surface area (TPSA) is 76.2 Å². The highest BCUT2D eigenvalue weighted by Crippen LogP contribution is 2.29. The predicted molar refractivity (Wildman–Crippen MR) is 118 cm³/mol. The van der Waals surface area contributed by atoms with Crippen LogP contribution in [0.25, 0.3) is 0 Å². The van der Waals surface area contributed by atoms with Gasteiger partial charge in [0.05, 0.1) is 9.09 Å². The van der Waals surface area contributed by atoms with E-state index in [0.717, 1.165) is 14.6 Å². The molecule has 164 valence electrons. The van der Waals surface area contributed by atoms with E-state index in [1.165, 1.54) is 16.2 Å². The zero-order valence-electron chi connectivity index (χ0n) is 17.2. The van der Waals surface area contributed by atoms with Crippen molar-refractivity contribution in [2.75, 3.05) is 26.0 Å². The summed E-state index contributed by atoms with van der Waals surface area (Å²) in [7, 11) is 0. The lowest BCUT2D eigenvalue weighted by atomic mass is 10.0. The molecule has 9 heteroatoms. The molecular weight excluding hydrogens is 436 g/mol. The van der Waals surface area contributed by atoms with Gasteiger partial charge < -0.3 is 14.4 Å². The first kappa shape index (κ1) is 21.7. The van der Waals surface area contributed by atoms with E-state index in [9.17, 15) is 14.4 Å². The average Bonchev–Trinajstić information content (AvgIpc) is 3.44. The number of amides is 2. The fraction of sp³-hybridized carbons (Fsp3) is 0.409. The van der Waals surface area contributed by atoms with Crippen molar-refractivity contribution in [3.05, 3.63) is 52.9 Å². The largest absolute Gasteiger partial charge is 0.459 e. The molecule has 0 aliphatic carbocycles. The Bertz CT molecular complexity index is 940. The molecule has 0 spiro atoms. The van der Waals surface area contributed by atoms with Gasteiger partial charge in [0, 0.05) is 19.1 Å². The van der Waals surface area contributed by atoms with Crippen LogP contribution >= 0.6 is 23.1 Å². The number of rotatable bonds is 6.